The molecule has 76 valence electrons. The smallest absolute Gasteiger partial charge is 0.224 e. The van der Waals surface area contributed by atoms with Crippen LogP contribution in [0.5, 0.6) is 0 Å². The third kappa shape index (κ3) is 2.00. The Morgan fingerprint density at radius 3 is 2.93 bits per heavy atom. The molecule has 0 spiro atoms. The molecular formula is C10H15N3S. The molecule has 1 heterocycles. The second-order valence-corrected chi connectivity index (χ2v) is 4.51. The highest BCUT2D eigenvalue weighted by molar-refractivity contribution is 7.98. The fourth-order valence-electron chi connectivity index (χ4n) is 1.47. The lowest BCUT2D eigenvalue weighted by molar-refractivity contribution is 0.690. The molecular weight excluding hydrogens is 194 g/mol. The first kappa shape index (κ1) is 9.77. The van der Waals surface area contributed by atoms with Crippen LogP contribution in [0.15, 0.2) is 17.3 Å². The fourth-order valence-corrected chi connectivity index (χ4v) is 1.85. The lowest BCUT2D eigenvalue weighted by atomic mass is 10.2. The Bertz CT molecular complexity index is 323. The molecule has 4 heteroatoms. The van der Waals surface area contributed by atoms with Gasteiger partial charge in [-0.05, 0) is 31.6 Å². The van der Waals surface area contributed by atoms with E-state index in [1.54, 1.807) is 11.8 Å². The van der Waals surface area contributed by atoms with Crippen LogP contribution < -0.4 is 5.32 Å². The first-order chi connectivity index (χ1) is 6.78. The van der Waals surface area contributed by atoms with Crippen molar-refractivity contribution >= 4 is 17.7 Å². The largest absolute Gasteiger partial charge is 0.349 e. The van der Waals surface area contributed by atoms with E-state index < -0.39 is 0 Å². The Kier molecular flexibility index (Phi) is 2.63. The van der Waals surface area contributed by atoms with Crippen molar-refractivity contribution in [3.8, 4) is 0 Å². The standard InChI is InChI=1S/C10H15N3S/c1-3-10(5-6-10)13-9-11-7-4-8(12-9)14-2/h4,7H,3,5-6H2,1-2H3,(H,11,12,13). The highest BCUT2D eigenvalue weighted by Gasteiger charge is 2.41. The third-order valence-electron chi connectivity index (χ3n) is 2.75. The number of thioether (sulfide) groups is 1. The van der Waals surface area contributed by atoms with E-state index in [2.05, 4.69) is 22.2 Å². The van der Waals surface area contributed by atoms with Crippen molar-refractivity contribution in [2.45, 2.75) is 36.8 Å². The van der Waals surface area contributed by atoms with Crippen LogP contribution in [-0.4, -0.2) is 21.8 Å². The molecule has 0 amide bonds. The Labute approximate surface area is 88.7 Å². The lowest BCUT2D eigenvalue weighted by Gasteiger charge is -2.14. The van der Waals surface area contributed by atoms with Crippen LogP contribution in [0.2, 0.25) is 0 Å². The molecule has 1 aliphatic carbocycles. The minimum absolute atomic E-state index is 0.303. The SMILES string of the molecule is CCC1(Nc2nccc(SC)n2)CC1. The van der Waals surface area contributed by atoms with Crippen LogP contribution in [0.1, 0.15) is 26.2 Å². The van der Waals surface area contributed by atoms with Gasteiger partial charge in [-0.25, -0.2) is 9.97 Å². The van der Waals surface area contributed by atoms with E-state index in [4.69, 9.17) is 0 Å². The van der Waals surface area contributed by atoms with Gasteiger partial charge >= 0.3 is 0 Å². The van der Waals surface area contributed by atoms with E-state index in [9.17, 15) is 0 Å². The number of rotatable bonds is 4. The van der Waals surface area contributed by atoms with Crippen molar-refractivity contribution in [1.82, 2.24) is 9.97 Å². The third-order valence-corrected chi connectivity index (χ3v) is 3.39. The average molecular weight is 209 g/mol. The van der Waals surface area contributed by atoms with Crippen LogP contribution in [0.4, 0.5) is 5.95 Å². The van der Waals surface area contributed by atoms with Crippen LogP contribution in [0, 0.1) is 0 Å². The summed E-state index contributed by atoms with van der Waals surface area (Å²) in [6.45, 7) is 2.21. The summed E-state index contributed by atoms with van der Waals surface area (Å²) in [5.41, 5.74) is 0.303. The number of anilines is 1. The zero-order valence-electron chi connectivity index (χ0n) is 8.58. The maximum atomic E-state index is 4.41. The topological polar surface area (TPSA) is 37.8 Å². The maximum absolute atomic E-state index is 4.41. The average Bonchev–Trinajstić information content (AvgIpc) is 2.99. The number of aromatic nitrogens is 2. The molecule has 0 saturated heterocycles. The number of hydrogen-bond donors (Lipinski definition) is 1. The summed E-state index contributed by atoms with van der Waals surface area (Å²) < 4.78 is 0. The molecule has 0 aliphatic heterocycles. The molecule has 1 aromatic rings. The van der Waals surface area contributed by atoms with Crippen molar-refractivity contribution < 1.29 is 0 Å². The van der Waals surface area contributed by atoms with Gasteiger partial charge < -0.3 is 5.32 Å². The van der Waals surface area contributed by atoms with Gasteiger partial charge in [-0.3, -0.25) is 0 Å². The first-order valence-electron chi connectivity index (χ1n) is 4.93. The molecule has 1 N–H and O–H groups in total. The van der Waals surface area contributed by atoms with Gasteiger partial charge in [0.25, 0.3) is 0 Å². The van der Waals surface area contributed by atoms with Gasteiger partial charge in [0.2, 0.25) is 5.95 Å². The normalized spacial score (nSPS) is 17.9. The van der Waals surface area contributed by atoms with Crippen LogP contribution >= 0.6 is 11.8 Å². The van der Waals surface area contributed by atoms with Gasteiger partial charge in [-0.2, -0.15) is 0 Å². The minimum atomic E-state index is 0.303. The molecule has 0 radical (unpaired) electrons. The van der Waals surface area contributed by atoms with Crippen molar-refractivity contribution in [2.75, 3.05) is 11.6 Å². The summed E-state index contributed by atoms with van der Waals surface area (Å²) in [6, 6.07) is 1.93. The Balaban J connectivity index is 2.09. The molecule has 0 unspecified atom stereocenters. The predicted octanol–water partition coefficient (Wildman–Crippen LogP) is 2.55. The summed E-state index contributed by atoms with van der Waals surface area (Å²) in [5.74, 6) is 0.774. The van der Waals surface area contributed by atoms with E-state index >= 15 is 0 Å². The van der Waals surface area contributed by atoms with Crippen molar-refractivity contribution in [1.29, 1.82) is 0 Å². The summed E-state index contributed by atoms with van der Waals surface area (Å²) in [5, 5.41) is 4.44. The molecule has 2 rings (SSSR count). The van der Waals surface area contributed by atoms with E-state index in [0.29, 0.717) is 5.54 Å². The second-order valence-electron chi connectivity index (χ2n) is 3.68. The Morgan fingerprint density at radius 1 is 1.57 bits per heavy atom. The fraction of sp³-hybridized carbons (Fsp3) is 0.600. The van der Waals surface area contributed by atoms with Gasteiger partial charge in [0, 0.05) is 11.7 Å². The highest BCUT2D eigenvalue weighted by atomic mass is 32.2. The van der Waals surface area contributed by atoms with Gasteiger partial charge in [0.15, 0.2) is 0 Å². The summed E-state index contributed by atoms with van der Waals surface area (Å²) >= 11 is 1.65. The Hall–Kier alpha value is -0.770. The maximum Gasteiger partial charge on any atom is 0.224 e. The van der Waals surface area contributed by atoms with Crippen LogP contribution in [0.25, 0.3) is 0 Å². The number of nitrogens with one attached hydrogen (secondary N) is 1. The molecule has 0 bridgehead atoms. The summed E-state index contributed by atoms with van der Waals surface area (Å²) in [6.07, 6.45) is 7.48. The molecule has 3 nitrogen and oxygen atoms in total. The molecule has 0 aromatic carbocycles. The first-order valence-corrected chi connectivity index (χ1v) is 6.16. The monoisotopic (exact) mass is 209 g/mol. The van der Waals surface area contributed by atoms with Crippen molar-refractivity contribution in [2.24, 2.45) is 0 Å². The van der Waals surface area contributed by atoms with E-state index in [1.807, 2.05) is 18.5 Å². The quantitative estimate of drug-likeness (QED) is 0.611. The van der Waals surface area contributed by atoms with Crippen molar-refractivity contribution in [3.05, 3.63) is 12.3 Å². The molecule has 14 heavy (non-hydrogen) atoms. The zero-order valence-corrected chi connectivity index (χ0v) is 9.40. The molecule has 1 aliphatic rings. The van der Waals surface area contributed by atoms with Gasteiger partial charge in [-0.1, -0.05) is 6.92 Å². The summed E-state index contributed by atoms with van der Waals surface area (Å²) in [4.78, 5) is 8.63. The molecule has 0 atom stereocenters. The van der Waals surface area contributed by atoms with E-state index in [-0.39, 0.29) is 0 Å². The number of nitrogens with zero attached hydrogens (tertiary/aromatic N) is 2. The highest BCUT2D eigenvalue weighted by Crippen LogP contribution is 2.40. The van der Waals surface area contributed by atoms with Crippen LogP contribution in [-0.2, 0) is 0 Å². The minimum Gasteiger partial charge on any atom is -0.349 e. The molecule has 1 aromatic heterocycles. The zero-order chi connectivity index (χ0) is 10.0. The van der Waals surface area contributed by atoms with E-state index in [0.717, 1.165) is 17.4 Å². The second kappa shape index (κ2) is 3.77. The van der Waals surface area contributed by atoms with Crippen LogP contribution in [0.3, 0.4) is 0 Å². The molecule has 1 saturated carbocycles. The van der Waals surface area contributed by atoms with E-state index in [1.165, 1.54) is 12.8 Å². The number of hydrogen-bond acceptors (Lipinski definition) is 4. The summed E-state index contributed by atoms with van der Waals surface area (Å²) in [7, 11) is 0. The van der Waals surface area contributed by atoms with Gasteiger partial charge in [0.1, 0.15) is 5.03 Å². The molecule has 1 fully saturated rings. The van der Waals surface area contributed by atoms with Gasteiger partial charge in [-0.15, -0.1) is 11.8 Å². The predicted molar refractivity (Wildman–Crippen MR) is 59.7 cm³/mol. The Morgan fingerprint density at radius 2 is 2.36 bits per heavy atom. The lowest BCUT2D eigenvalue weighted by Crippen LogP contribution is -2.21. The van der Waals surface area contributed by atoms with Crippen molar-refractivity contribution in [3.63, 3.8) is 0 Å². The van der Waals surface area contributed by atoms with Gasteiger partial charge in [0.05, 0.1) is 0 Å².